The summed E-state index contributed by atoms with van der Waals surface area (Å²) < 4.78 is 7.27. The quantitative estimate of drug-likeness (QED) is 0.253. The number of ether oxygens (including phenoxy) is 1. The molecular formula is C28H27N3O3S2. The smallest absolute Gasteiger partial charge is 0.267 e. The fraction of sp³-hybridized carbons (Fsp3) is 0.321. The van der Waals surface area contributed by atoms with Gasteiger partial charge in [-0.05, 0) is 80.5 Å². The average Bonchev–Trinajstić information content (AvgIpc) is 3.50. The number of aromatic nitrogens is 2. The average molecular weight is 518 g/mol. The number of carbonyl (C=O) groups is 1. The van der Waals surface area contributed by atoms with E-state index >= 15 is 0 Å². The zero-order valence-electron chi connectivity index (χ0n) is 20.2. The van der Waals surface area contributed by atoms with Gasteiger partial charge in [0, 0.05) is 17.1 Å². The molecule has 36 heavy (non-hydrogen) atoms. The molecule has 2 aromatic carbocycles. The van der Waals surface area contributed by atoms with Crippen molar-refractivity contribution in [2.75, 3.05) is 23.8 Å². The first-order chi connectivity index (χ1) is 17.6. The molecule has 3 heterocycles. The Morgan fingerprint density at radius 3 is 2.72 bits per heavy atom. The fourth-order valence-electron chi connectivity index (χ4n) is 5.17. The van der Waals surface area contributed by atoms with E-state index in [0.717, 1.165) is 59.4 Å². The normalized spacial score (nSPS) is 14.6. The summed E-state index contributed by atoms with van der Waals surface area (Å²) in [5, 5.41) is 1.30. The van der Waals surface area contributed by atoms with Crippen LogP contribution < -0.4 is 15.2 Å². The first-order valence-corrected chi connectivity index (χ1v) is 14.3. The predicted molar refractivity (Wildman–Crippen MR) is 146 cm³/mol. The van der Waals surface area contributed by atoms with Gasteiger partial charge in [-0.25, -0.2) is 4.98 Å². The van der Waals surface area contributed by atoms with Gasteiger partial charge in [0.15, 0.2) is 5.16 Å². The molecule has 0 unspecified atom stereocenters. The van der Waals surface area contributed by atoms with Crippen LogP contribution in [-0.2, 0) is 24.1 Å². The minimum Gasteiger partial charge on any atom is -0.494 e. The van der Waals surface area contributed by atoms with Crippen LogP contribution in [0.25, 0.3) is 15.9 Å². The lowest BCUT2D eigenvalue weighted by Crippen LogP contribution is -2.31. The molecule has 2 aromatic heterocycles. The van der Waals surface area contributed by atoms with Crippen LogP contribution in [0, 0.1) is 0 Å². The van der Waals surface area contributed by atoms with Crippen molar-refractivity contribution in [3.05, 3.63) is 74.9 Å². The molecule has 6 rings (SSSR count). The van der Waals surface area contributed by atoms with Gasteiger partial charge in [0.2, 0.25) is 5.91 Å². The Balaban J connectivity index is 1.38. The summed E-state index contributed by atoms with van der Waals surface area (Å²) in [6.45, 7) is 3.21. The molecule has 184 valence electrons. The van der Waals surface area contributed by atoms with Crippen molar-refractivity contribution in [3.63, 3.8) is 0 Å². The van der Waals surface area contributed by atoms with Gasteiger partial charge in [0.1, 0.15) is 10.6 Å². The lowest BCUT2D eigenvalue weighted by atomic mass is 9.97. The number of benzene rings is 2. The zero-order chi connectivity index (χ0) is 24.6. The summed E-state index contributed by atoms with van der Waals surface area (Å²) >= 11 is 2.98. The van der Waals surface area contributed by atoms with Crippen molar-refractivity contribution >= 4 is 44.9 Å². The van der Waals surface area contributed by atoms with Gasteiger partial charge in [-0.3, -0.25) is 14.2 Å². The number of aryl methyl sites for hydroxylation is 2. The number of amides is 1. The third-order valence-electron chi connectivity index (χ3n) is 6.88. The number of para-hydroxylation sites is 1. The monoisotopic (exact) mass is 517 g/mol. The van der Waals surface area contributed by atoms with Gasteiger partial charge in [-0.15, -0.1) is 11.3 Å². The van der Waals surface area contributed by atoms with Crippen LogP contribution in [0.5, 0.6) is 5.75 Å². The van der Waals surface area contributed by atoms with Crippen LogP contribution >= 0.6 is 23.1 Å². The molecular weight excluding hydrogens is 490 g/mol. The van der Waals surface area contributed by atoms with E-state index in [1.807, 2.05) is 54.3 Å². The van der Waals surface area contributed by atoms with Gasteiger partial charge in [0.25, 0.3) is 5.56 Å². The van der Waals surface area contributed by atoms with Crippen LogP contribution in [0.1, 0.15) is 35.8 Å². The number of thioether (sulfide) groups is 1. The Morgan fingerprint density at radius 2 is 1.89 bits per heavy atom. The number of fused-ring (bicyclic) bond motifs is 4. The van der Waals surface area contributed by atoms with E-state index in [-0.39, 0.29) is 17.2 Å². The predicted octanol–water partition coefficient (Wildman–Crippen LogP) is 5.41. The van der Waals surface area contributed by atoms with E-state index < -0.39 is 0 Å². The molecule has 0 spiro atoms. The first kappa shape index (κ1) is 23.3. The summed E-state index contributed by atoms with van der Waals surface area (Å²) in [6, 6.07) is 15.6. The van der Waals surface area contributed by atoms with E-state index in [1.165, 1.54) is 27.8 Å². The first-order valence-electron chi connectivity index (χ1n) is 12.5. The largest absolute Gasteiger partial charge is 0.494 e. The Kier molecular flexibility index (Phi) is 6.31. The maximum Gasteiger partial charge on any atom is 0.267 e. The Morgan fingerprint density at radius 1 is 1.08 bits per heavy atom. The molecule has 1 amide bonds. The Hall–Kier alpha value is -3.10. The molecule has 0 saturated heterocycles. The van der Waals surface area contributed by atoms with Gasteiger partial charge in [-0.1, -0.05) is 30.0 Å². The molecule has 0 saturated carbocycles. The third-order valence-corrected chi connectivity index (χ3v) is 8.99. The lowest BCUT2D eigenvalue weighted by molar-refractivity contribution is -0.116. The van der Waals surface area contributed by atoms with E-state index in [2.05, 4.69) is 6.07 Å². The second-order valence-electron chi connectivity index (χ2n) is 9.07. The summed E-state index contributed by atoms with van der Waals surface area (Å²) in [5.41, 5.74) is 4.03. The number of hydrogen-bond donors (Lipinski definition) is 0. The lowest BCUT2D eigenvalue weighted by Gasteiger charge is -2.18. The van der Waals surface area contributed by atoms with Crippen molar-refractivity contribution < 1.29 is 9.53 Å². The second kappa shape index (κ2) is 9.75. The summed E-state index contributed by atoms with van der Waals surface area (Å²) in [6.07, 6.45) is 5.06. The van der Waals surface area contributed by atoms with Gasteiger partial charge < -0.3 is 9.64 Å². The van der Waals surface area contributed by atoms with E-state index in [0.29, 0.717) is 18.3 Å². The molecule has 0 atom stereocenters. The highest BCUT2D eigenvalue weighted by Gasteiger charge is 2.26. The number of anilines is 1. The van der Waals surface area contributed by atoms with Gasteiger partial charge in [0.05, 0.1) is 23.4 Å². The van der Waals surface area contributed by atoms with Gasteiger partial charge >= 0.3 is 0 Å². The summed E-state index contributed by atoms with van der Waals surface area (Å²) in [4.78, 5) is 36.1. The standard InChI is InChI=1S/C28H27N3O3S2/c1-2-34-20-13-11-19(12-14-20)31-27(33)25-21-8-4-6-10-23(21)36-26(25)29-28(31)35-17-24(32)30-16-15-18-7-3-5-9-22(18)30/h3,5,7,9,11-14H,2,4,6,8,10,15-17H2,1H3. The maximum absolute atomic E-state index is 13.9. The minimum absolute atomic E-state index is 0.0306. The number of carbonyl (C=O) groups excluding carboxylic acids is 1. The van der Waals surface area contributed by atoms with Crippen molar-refractivity contribution in [1.82, 2.24) is 9.55 Å². The molecule has 1 aliphatic heterocycles. The molecule has 0 bridgehead atoms. The number of nitrogens with zero attached hydrogens (tertiary/aromatic N) is 3. The molecule has 0 radical (unpaired) electrons. The summed E-state index contributed by atoms with van der Waals surface area (Å²) in [5.74, 6) is 1.00. The molecule has 6 nitrogen and oxygen atoms in total. The maximum atomic E-state index is 13.9. The Bertz CT molecular complexity index is 1510. The third kappa shape index (κ3) is 4.12. The molecule has 0 fully saturated rings. The topological polar surface area (TPSA) is 64.4 Å². The van der Waals surface area contributed by atoms with Crippen molar-refractivity contribution in [2.24, 2.45) is 0 Å². The van der Waals surface area contributed by atoms with Crippen LogP contribution in [0.15, 0.2) is 58.5 Å². The van der Waals surface area contributed by atoms with Crippen molar-refractivity contribution in [1.29, 1.82) is 0 Å². The minimum atomic E-state index is -0.0509. The van der Waals surface area contributed by atoms with Crippen LogP contribution in [0.3, 0.4) is 0 Å². The van der Waals surface area contributed by atoms with Gasteiger partial charge in [-0.2, -0.15) is 0 Å². The molecule has 8 heteroatoms. The number of hydrogen-bond acceptors (Lipinski definition) is 6. The second-order valence-corrected chi connectivity index (χ2v) is 11.1. The molecule has 4 aromatic rings. The number of thiophene rings is 1. The highest BCUT2D eigenvalue weighted by molar-refractivity contribution is 7.99. The highest BCUT2D eigenvalue weighted by Crippen LogP contribution is 2.36. The SMILES string of the molecule is CCOc1ccc(-n2c(SCC(=O)N3CCc4ccccc43)nc3sc4c(c3c2=O)CCCC4)cc1. The summed E-state index contributed by atoms with van der Waals surface area (Å²) in [7, 11) is 0. The molecule has 0 N–H and O–H groups in total. The van der Waals surface area contributed by atoms with Crippen LogP contribution in [0.2, 0.25) is 0 Å². The van der Waals surface area contributed by atoms with E-state index in [4.69, 9.17) is 9.72 Å². The molecule has 2 aliphatic rings. The number of rotatable bonds is 6. The van der Waals surface area contributed by atoms with Crippen LogP contribution in [-0.4, -0.2) is 34.4 Å². The molecule has 1 aliphatic carbocycles. The highest BCUT2D eigenvalue weighted by atomic mass is 32.2. The van der Waals surface area contributed by atoms with E-state index in [1.54, 1.807) is 15.9 Å². The Labute approximate surface area is 217 Å². The van der Waals surface area contributed by atoms with Crippen molar-refractivity contribution in [3.8, 4) is 11.4 Å². The van der Waals surface area contributed by atoms with E-state index in [9.17, 15) is 9.59 Å². The fourth-order valence-corrected chi connectivity index (χ4v) is 7.36. The van der Waals surface area contributed by atoms with Crippen LogP contribution in [0.4, 0.5) is 5.69 Å². The zero-order valence-corrected chi connectivity index (χ0v) is 21.8. The van der Waals surface area contributed by atoms with Crippen molar-refractivity contribution in [2.45, 2.75) is 44.2 Å².